The first kappa shape index (κ1) is 16.2. The van der Waals surface area contributed by atoms with Crippen molar-refractivity contribution >= 4 is 17.7 Å². The molecular formula is C17H24ClNO2. The summed E-state index contributed by atoms with van der Waals surface area (Å²) >= 11 is 5.94. The van der Waals surface area contributed by atoms with Gasteiger partial charge in [-0.05, 0) is 63.6 Å². The molecule has 2 rings (SSSR count). The van der Waals surface area contributed by atoms with Crippen molar-refractivity contribution in [2.24, 2.45) is 0 Å². The number of benzene rings is 1. The van der Waals surface area contributed by atoms with E-state index in [1.807, 2.05) is 32.9 Å². The molecule has 3 nitrogen and oxygen atoms in total. The lowest BCUT2D eigenvalue weighted by Gasteiger charge is -2.31. The summed E-state index contributed by atoms with van der Waals surface area (Å²) in [5.74, 6) is 0.482. The summed E-state index contributed by atoms with van der Waals surface area (Å²) in [6, 6.07) is 8.23. The number of hydrogen-bond acceptors (Lipinski definition) is 2. The molecule has 1 aromatic rings. The molecule has 0 saturated heterocycles. The molecule has 0 radical (unpaired) electrons. The van der Waals surface area contributed by atoms with Gasteiger partial charge in [-0.1, -0.05) is 30.2 Å². The fraction of sp³-hybridized carbons (Fsp3) is 0.588. The molecular weight excluding hydrogens is 286 g/mol. The fourth-order valence-corrected chi connectivity index (χ4v) is 2.96. The average Bonchev–Trinajstić information content (AvgIpc) is 2.37. The summed E-state index contributed by atoms with van der Waals surface area (Å²) in [5.41, 5.74) is 0.851. The van der Waals surface area contributed by atoms with E-state index >= 15 is 0 Å². The Kier molecular flexibility index (Phi) is 5.15. The molecule has 0 bridgehead atoms. The minimum absolute atomic E-state index is 0.189. The molecule has 1 fully saturated rings. The van der Waals surface area contributed by atoms with E-state index in [1.54, 1.807) is 0 Å². The van der Waals surface area contributed by atoms with Gasteiger partial charge in [-0.3, -0.25) is 0 Å². The van der Waals surface area contributed by atoms with E-state index in [9.17, 15) is 4.79 Å². The lowest BCUT2D eigenvalue weighted by molar-refractivity contribution is 0.0490. The van der Waals surface area contributed by atoms with Crippen LogP contribution in [-0.4, -0.2) is 17.7 Å². The van der Waals surface area contributed by atoms with E-state index in [2.05, 4.69) is 17.4 Å². The van der Waals surface area contributed by atoms with Crippen molar-refractivity contribution in [1.82, 2.24) is 5.32 Å². The molecule has 1 amide bonds. The van der Waals surface area contributed by atoms with Crippen LogP contribution in [0.3, 0.4) is 0 Å². The first-order valence-electron chi connectivity index (χ1n) is 7.58. The van der Waals surface area contributed by atoms with Crippen molar-refractivity contribution in [1.29, 1.82) is 0 Å². The quantitative estimate of drug-likeness (QED) is 0.844. The fourth-order valence-electron chi connectivity index (χ4n) is 2.83. The lowest BCUT2D eigenvalue weighted by Crippen LogP contribution is -2.41. The van der Waals surface area contributed by atoms with Crippen LogP contribution >= 0.6 is 11.6 Å². The van der Waals surface area contributed by atoms with Gasteiger partial charge in [0.05, 0.1) is 0 Å². The first-order valence-corrected chi connectivity index (χ1v) is 7.96. The summed E-state index contributed by atoms with van der Waals surface area (Å²) in [7, 11) is 0. The predicted octanol–water partition coefficient (Wildman–Crippen LogP) is 4.89. The summed E-state index contributed by atoms with van der Waals surface area (Å²) in [4.78, 5) is 11.9. The molecule has 1 aromatic carbocycles. The molecule has 0 heterocycles. The van der Waals surface area contributed by atoms with E-state index in [-0.39, 0.29) is 12.1 Å². The largest absolute Gasteiger partial charge is 0.444 e. The average molecular weight is 310 g/mol. The lowest BCUT2D eigenvalue weighted by atomic mass is 9.81. The molecule has 21 heavy (non-hydrogen) atoms. The van der Waals surface area contributed by atoms with Crippen LogP contribution in [0, 0.1) is 0 Å². The molecule has 2 atom stereocenters. The Morgan fingerprint density at radius 2 is 1.90 bits per heavy atom. The molecule has 0 spiro atoms. The Bertz CT molecular complexity index is 479. The summed E-state index contributed by atoms with van der Waals surface area (Å²) in [6.07, 6.45) is 3.94. The van der Waals surface area contributed by atoms with Gasteiger partial charge < -0.3 is 10.1 Å². The van der Waals surface area contributed by atoms with Crippen LogP contribution in [0.5, 0.6) is 0 Å². The van der Waals surface area contributed by atoms with Crippen LogP contribution in [0.25, 0.3) is 0 Å². The molecule has 4 heteroatoms. The predicted molar refractivity (Wildman–Crippen MR) is 85.8 cm³/mol. The molecule has 1 aliphatic carbocycles. The van der Waals surface area contributed by atoms with Gasteiger partial charge in [-0.15, -0.1) is 0 Å². The first-order chi connectivity index (χ1) is 9.83. The standard InChI is InChI=1S/C17H24ClNO2/c1-17(2,3)21-16(20)19-15-6-4-5-13(11-15)12-7-9-14(18)10-8-12/h7-10,13,15H,4-6,11H2,1-3H3,(H,19,20). The minimum Gasteiger partial charge on any atom is -0.444 e. The van der Waals surface area contributed by atoms with Gasteiger partial charge >= 0.3 is 6.09 Å². The number of ether oxygens (including phenoxy) is 1. The number of carbonyl (C=O) groups excluding carboxylic acids is 1. The maximum atomic E-state index is 11.9. The topological polar surface area (TPSA) is 38.3 Å². The monoisotopic (exact) mass is 309 g/mol. The zero-order chi connectivity index (χ0) is 15.5. The number of amides is 1. The van der Waals surface area contributed by atoms with Gasteiger partial charge in [0.15, 0.2) is 0 Å². The van der Waals surface area contributed by atoms with Crippen LogP contribution < -0.4 is 5.32 Å². The Morgan fingerprint density at radius 1 is 1.24 bits per heavy atom. The van der Waals surface area contributed by atoms with E-state index in [4.69, 9.17) is 16.3 Å². The zero-order valence-electron chi connectivity index (χ0n) is 13.0. The summed E-state index contributed by atoms with van der Waals surface area (Å²) in [6.45, 7) is 5.64. The summed E-state index contributed by atoms with van der Waals surface area (Å²) in [5, 5.41) is 3.76. The SMILES string of the molecule is CC(C)(C)OC(=O)NC1CCCC(c2ccc(Cl)cc2)C1. The smallest absolute Gasteiger partial charge is 0.407 e. The van der Waals surface area contributed by atoms with Crippen LogP contribution in [0.1, 0.15) is 57.9 Å². The van der Waals surface area contributed by atoms with E-state index in [0.29, 0.717) is 5.92 Å². The van der Waals surface area contributed by atoms with Gasteiger partial charge in [0.2, 0.25) is 0 Å². The molecule has 0 aromatic heterocycles. The van der Waals surface area contributed by atoms with E-state index < -0.39 is 5.60 Å². The van der Waals surface area contributed by atoms with Gasteiger partial charge in [0.1, 0.15) is 5.60 Å². The van der Waals surface area contributed by atoms with E-state index in [1.165, 1.54) is 5.56 Å². The number of carbonyl (C=O) groups is 1. The highest BCUT2D eigenvalue weighted by Gasteiger charge is 2.26. The van der Waals surface area contributed by atoms with Crippen molar-refractivity contribution in [3.8, 4) is 0 Å². The molecule has 2 unspecified atom stereocenters. The molecule has 116 valence electrons. The zero-order valence-corrected chi connectivity index (χ0v) is 13.7. The molecule has 1 saturated carbocycles. The number of alkyl carbamates (subject to hydrolysis) is 1. The number of rotatable bonds is 2. The minimum atomic E-state index is -0.450. The molecule has 1 N–H and O–H groups in total. The maximum absolute atomic E-state index is 11.9. The Morgan fingerprint density at radius 3 is 2.52 bits per heavy atom. The van der Waals surface area contributed by atoms with Crippen LogP contribution in [0.15, 0.2) is 24.3 Å². The van der Waals surface area contributed by atoms with E-state index in [0.717, 1.165) is 30.7 Å². The Hall–Kier alpha value is -1.22. The Labute approximate surface area is 132 Å². The Balaban J connectivity index is 1.91. The van der Waals surface area contributed by atoms with Gasteiger partial charge in [-0.25, -0.2) is 4.79 Å². The van der Waals surface area contributed by atoms with Crippen molar-refractivity contribution in [3.05, 3.63) is 34.9 Å². The third-order valence-corrected chi connectivity index (χ3v) is 3.99. The number of hydrogen-bond donors (Lipinski definition) is 1. The molecule has 1 aliphatic rings. The summed E-state index contributed by atoms with van der Waals surface area (Å²) < 4.78 is 5.33. The third kappa shape index (κ3) is 5.24. The van der Waals surface area contributed by atoms with Gasteiger partial charge in [0.25, 0.3) is 0 Å². The highest BCUT2D eigenvalue weighted by atomic mass is 35.5. The van der Waals surface area contributed by atoms with Crippen molar-refractivity contribution < 1.29 is 9.53 Å². The van der Waals surface area contributed by atoms with Crippen LogP contribution in [0.4, 0.5) is 4.79 Å². The third-order valence-electron chi connectivity index (χ3n) is 3.74. The van der Waals surface area contributed by atoms with Crippen molar-refractivity contribution in [2.45, 2.75) is 64.0 Å². The van der Waals surface area contributed by atoms with Crippen LogP contribution in [-0.2, 0) is 4.74 Å². The second-order valence-corrected chi connectivity index (χ2v) is 7.19. The molecule has 0 aliphatic heterocycles. The maximum Gasteiger partial charge on any atom is 0.407 e. The number of nitrogens with one attached hydrogen (secondary N) is 1. The number of halogens is 1. The highest BCUT2D eigenvalue weighted by molar-refractivity contribution is 6.30. The van der Waals surface area contributed by atoms with Gasteiger partial charge in [-0.2, -0.15) is 0 Å². The normalized spacial score (nSPS) is 22.7. The van der Waals surface area contributed by atoms with Crippen molar-refractivity contribution in [2.75, 3.05) is 0 Å². The highest BCUT2D eigenvalue weighted by Crippen LogP contribution is 2.33. The second kappa shape index (κ2) is 6.69. The second-order valence-electron chi connectivity index (χ2n) is 6.76. The van der Waals surface area contributed by atoms with Crippen molar-refractivity contribution in [3.63, 3.8) is 0 Å². The van der Waals surface area contributed by atoms with Gasteiger partial charge in [0, 0.05) is 11.1 Å². The van der Waals surface area contributed by atoms with Crippen LogP contribution in [0.2, 0.25) is 5.02 Å².